The predicted octanol–water partition coefficient (Wildman–Crippen LogP) is 6.74. The Labute approximate surface area is 199 Å². The number of unbranched alkanes of at least 4 members (excludes halogenated alkanes) is 2. The van der Waals surface area contributed by atoms with Crippen molar-refractivity contribution in [3.63, 3.8) is 0 Å². The van der Waals surface area contributed by atoms with Crippen molar-refractivity contribution in [1.29, 1.82) is 0 Å². The van der Waals surface area contributed by atoms with E-state index in [1.807, 2.05) is 28.0 Å². The summed E-state index contributed by atoms with van der Waals surface area (Å²) in [7, 11) is 1.67. The molecule has 1 saturated heterocycles. The fourth-order valence-corrected chi connectivity index (χ4v) is 4.64. The first kappa shape index (κ1) is 23.0. The lowest BCUT2D eigenvalue weighted by Crippen LogP contribution is -2.49. The summed E-state index contributed by atoms with van der Waals surface area (Å²) in [4.78, 5) is 17.2. The minimum atomic E-state index is 0.0392. The molecule has 6 heteroatoms. The number of carbonyl (C=O) groups excluding carboxylic acids is 1. The van der Waals surface area contributed by atoms with Crippen molar-refractivity contribution in [3.8, 4) is 11.5 Å². The van der Waals surface area contributed by atoms with Crippen LogP contribution in [0.5, 0.6) is 11.5 Å². The Morgan fingerprint density at radius 3 is 2.66 bits per heavy atom. The van der Waals surface area contributed by atoms with Crippen LogP contribution < -0.4 is 14.4 Å². The third kappa shape index (κ3) is 5.40. The van der Waals surface area contributed by atoms with Gasteiger partial charge in [-0.1, -0.05) is 47.8 Å². The number of amides is 2. The molecule has 0 unspecified atom stereocenters. The fourth-order valence-electron chi connectivity index (χ4n) is 4.30. The van der Waals surface area contributed by atoms with Gasteiger partial charge in [-0.05, 0) is 55.4 Å². The summed E-state index contributed by atoms with van der Waals surface area (Å²) in [5.41, 5.74) is 3.23. The maximum Gasteiger partial charge on any atom is 0.324 e. The van der Waals surface area contributed by atoms with Crippen LogP contribution in [0.2, 0.25) is 0 Å². The molecule has 2 fully saturated rings. The van der Waals surface area contributed by atoms with Crippen LogP contribution in [-0.4, -0.2) is 37.7 Å². The van der Waals surface area contributed by atoms with Crippen LogP contribution in [0.1, 0.15) is 62.5 Å². The van der Waals surface area contributed by atoms with E-state index in [-0.39, 0.29) is 6.03 Å². The molecule has 1 saturated carbocycles. The molecule has 2 aliphatic rings. The SMILES string of the molecule is CCCCCOc1cc(N2CCCN(Cc3ccc(Br)cc3OC)C2=O)ccc1C1CC1. The van der Waals surface area contributed by atoms with Gasteiger partial charge in [-0.3, -0.25) is 4.90 Å². The van der Waals surface area contributed by atoms with Crippen molar-refractivity contribution < 1.29 is 14.3 Å². The summed E-state index contributed by atoms with van der Waals surface area (Å²) >= 11 is 3.49. The molecule has 1 aliphatic carbocycles. The molecule has 5 nitrogen and oxygen atoms in total. The standard InChI is InChI=1S/C26H33BrN2O3/c1-3-4-5-15-32-25-17-22(11-12-23(25)19-7-8-19)29-14-6-13-28(26(29)30)18-20-9-10-21(27)16-24(20)31-2/h9-12,16-17,19H,3-8,13-15,18H2,1-2H3. The predicted molar refractivity (Wildman–Crippen MR) is 132 cm³/mol. The third-order valence-electron chi connectivity index (χ3n) is 6.25. The normalized spacial score (nSPS) is 16.4. The molecule has 0 atom stereocenters. The van der Waals surface area contributed by atoms with Gasteiger partial charge in [0.1, 0.15) is 11.5 Å². The second-order valence-corrected chi connectivity index (χ2v) is 9.63. The zero-order valence-corrected chi connectivity index (χ0v) is 20.7. The molecular weight excluding hydrogens is 468 g/mol. The maximum absolute atomic E-state index is 13.4. The molecule has 0 radical (unpaired) electrons. The molecule has 32 heavy (non-hydrogen) atoms. The Bertz CT molecular complexity index is 945. The number of carbonyl (C=O) groups is 1. The van der Waals surface area contributed by atoms with E-state index in [1.54, 1.807) is 7.11 Å². The van der Waals surface area contributed by atoms with Crippen molar-refractivity contribution in [3.05, 3.63) is 52.0 Å². The summed E-state index contributed by atoms with van der Waals surface area (Å²) in [6.07, 6.45) is 6.82. The van der Waals surface area contributed by atoms with E-state index in [0.717, 1.165) is 59.8 Å². The lowest BCUT2D eigenvalue weighted by Gasteiger charge is -2.36. The summed E-state index contributed by atoms with van der Waals surface area (Å²) in [5, 5.41) is 0. The number of methoxy groups -OCH3 is 1. The van der Waals surface area contributed by atoms with E-state index < -0.39 is 0 Å². The van der Waals surface area contributed by atoms with E-state index >= 15 is 0 Å². The van der Waals surface area contributed by atoms with Crippen molar-refractivity contribution in [1.82, 2.24) is 4.90 Å². The molecule has 172 valence electrons. The molecule has 2 aromatic rings. The highest BCUT2D eigenvalue weighted by Crippen LogP contribution is 2.45. The first-order chi connectivity index (χ1) is 15.6. The van der Waals surface area contributed by atoms with Crippen LogP contribution in [0.25, 0.3) is 0 Å². The van der Waals surface area contributed by atoms with Gasteiger partial charge in [0.25, 0.3) is 0 Å². The van der Waals surface area contributed by atoms with Crippen molar-refractivity contribution in [2.45, 2.75) is 57.9 Å². The van der Waals surface area contributed by atoms with E-state index in [4.69, 9.17) is 9.47 Å². The Morgan fingerprint density at radius 2 is 1.91 bits per heavy atom. The van der Waals surface area contributed by atoms with Gasteiger partial charge in [0, 0.05) is 34.9 Å². The molecule has 0 bridgehead atoms. The number of hydrogen-bond acceptors (Lipinski definition) is 3. The lowest BCUT2D eigenvalue weighted by atomic mass is 10.1. The summed E-state index contributed by atoms with van der Waals surface area (Å²) in [6.45, 7) is 4.94. The Kier molecular flexibility index (Phi) is 7.61. The second-order valence-electron chi connectivity index (χ2n) is 8.72. The number of urea groups is 1. The molecule has 0 aromatic heterocycles. The zero-order chi connectivity index (χ0) is 22.5. The molecule has 0 N–H and O–H groups in total. The van der Waals surface area contributed by atoms with Gasteiger partial charge < -0.3 is 14.4 Å². The zero-order valence-electron chi connectivity index (χ0n) is 19.1. The highest BCUT2D eigenvalue weighted by Gasteiger charge is 2.30. The minimum Gasteiger partial charge on any atom is -0.496 e. The highest BCUT2D eigenvalue weighted by atomic mass is 79.9. The van der Waals surface area contributed by atoms with Gasteiger partial charge >= 0.3 is 6.03 Å². The number of benzene rings is 2. The molecule has 2 amide bonds. The number of hydrogen-bond donors (Lipinski definition) is 0. The summed E-state index contributed by atoms with van der Waals surface area (Å²) in [6, 6.07) is 12.3. The molecule has 0 spiro atoms. The minimum absolute atomic E-state index is 0.0392. The van der Waals surface area contributed by atoms with Crippen LogP contribution >= 0.6 is 15.9 Å². The van der Waals surface area contributed by atoms with Crippen LogP contribution in [0.15, 0.2) is 40.9 Å². The van der Waals surface area contributed by atoms with Gasteiger partial charge in [-0.2, -0.15) is 0 Å². The van der Waals surface area contributed by atoms with Crippen LogP contribution in [0.3, 0.4) is 0 Å². The largest absolute Gasteiger partial charge is 0.496 e. The number of anilines is 1. The van der Waals surface area contributed by atoms with Gasteiger partial charge in [0.15, 0.2) is 0 Å². The second kappa shape index (κ2) is 10.6. The first-order valence-electron chi connectivity index (χ1n) is 11.8. The van der Waals surface area contributed by atoms with Crippen LogP contribution in [-0.2, 0) is 6.54 Å². The monoisotopic (exact) mass is 500 g/mol. The molecule has 4 rings (SSSR count). The topological polar surface area (TPSA) is 42.0 Å². The van der Waals surface area contributed by atoms with E-state index in [0.29, 0.717) is 12.5 Å². The molecule has 2 aromatic carbocycles. The number of nitrogens with zero attached hydrogens (tertiary/aromatic N) is 2. The third-order valence-corrected chi connectivity index (χ3v) is 6.75. The van der Waals surface area contributed by atoms with Crippen LogP contribution in [0, 0.1) is 0 Å². The van der Waals surface area contributed by atoms with E-state index in [2.05, 4.69) is 41.1 Å². The Balaban J connectivity index is 1.51. The van der Waals surface area contributed by atoms with Gasteiger partial charge in [-0.25, -0.2) is 4.79 Å². The van der Waals surface area contributed by atoms with Gasteiger partial charge in [-0.15, -0.1) is 0 Å². The molecular formula is C26H33BrN2O3. The molecule has 1 aliphatic heterocycles. The van der Waals surface area contributed by atoms with Crippen molar-refractivity contribution >= 4 is 27.6 Å². The van der Waals surface area contributed by atoms with Crippen molar-refractivity contribution in [2.75, 3.05) is 31.7 Å². The smallest absolute Gasteiger partial charge is 0.324 e. The fraction of sp³-hybridized carbons (Fsp3) is 0.500. The van der Waals surface area contributed by atoms with Gasteiger partial charge in [0.2, 0.25) is 0 Å². The summed E-state index contributed by atoms with van der Waals surface area (Å²) < 4.78 is 12.7. The lowest BCUT2D eigenvalue weighted by molar-refractivity contribution is 0.192. The van der Waals surface area contributed by atoms with Crippen LogP contribution in [0.4, 0.5) is 10.5 Å². The van der Waals surface area contributed by atoms with Crippen molar-refractivity contribution in [2.24, 2.45) is 0 Å². The first-order valence-corrected chi connectivity index (χ1v) is 12.6. The number of halogens is 1. The molecule has 1 heterocycles. The maximum atomic E-state index is 13.4. The van der Waals surface area contributed by atoms with Gasteiger partial charge in [0.05, 0.1) is 20.3 Å². The van der Waals surface area contributed by atoms with E-state index in [1.165, 1.54) is 31.2 Å². The Morgan fingerprint density at radius 1 is 1.06 bits per heavy atom. The average Bonchev–Trinajstić information content (AvgIpc) is 3.64. The Hall–Kier alpha value is -2.21. The highest BCUT2D eigenvalue weighted by molar-refractivity contribution is 9.10. The average molecular weight is 501 g/mol. The number of rotatable bonds is 10. The summed E-state index contributed by atoms with van der Waals surface area (Å²) in [5.74, 6) is 2.37. The number of ether oxygens (including phenoxy) is 2. The quantitative estimate of drug-likeness (QED) is 0.339. The van der Waals surface area contributed by atoms with E-state index in [9.17, 15) is 4.79 Å².